The summed E-state index contributed by atoms with van der Waals surface area (Å²) in [5, 5.41) is 14.5. The van der Waals surface area contributed by atoms with Crippen LogP contribution >= 0.6 is 23.1 Å². The Labute approximate surface area is 206 Å². The molecule has 7 nitrogen and oxygen atoms in total. The molecule has 0 bridgehead atoms. The summed E-state index contributed by atoms with van der Waals surface area (Å²) in [6.07, 6.45) is 1.90. The Morgan fingerprint density at radius 2 is 1.88 bits per heavy atom. The van der Waals surface area contributed by atoms with Gasteiger partial charge in [0.25, 0.3) is 5.91 Å². The van der Waals surface area contributed by atoms with E-state index in [-0.39, 0.29) is 17.0 Å². The molecule has 0 saturated carbocycles. The van der Waals surface area contributed by atoms with Gasteiger partial charge in [-0.3, -0.25) is 14.5 Å². The lowest BCUT2D eigenvalue weighted by molar-refractivity contribution is -0.119. The molecule has 178 valence electrons. The van der Waals surface area contributed by atoms with Crippen LogP contribution < -0.4 is 10.6 Å². The fourth-order valence-electron chi connectivity index (χ4n) is 3.73. The lowest BCUT2D eigenvalue weighted by Gasteiger charge is -2.32. The van der Waals surface area contributed by atoms with Crippen LogP contribution in [-0.2, 0) is 17.1 Å². The monoisotopic (exact) mass is 499 g/mol. The van der Waals surface area contributed by atoms with Crippen LogP contribution in [0.3, 0.4) is 0 Å². The van der Waals surface area contributed by atoms with E-state index in [0.29, 0.717) is 22.2 Å². The summed E-state index contributed by atoms with van der Waals surface area (Å²) in [5.41, 5.74) is 1.67. The van der Waals surface area contributed by atoms with Gasteiger partial charge in [-0.1, -0.05) is 47.7 Å². The fourth-order valence-corrected chi connectivity index (χ4v) is 5.35. The van der Waals surface area contributed by atoms with Crippen molar-refractivity contribution >= 4 is 40.6 Å². The summed E-state index contributed by atoms with van der Waals surface area (Å²) in [5.74, 6) is -0.0263. The quantitative estimate of drug-likeness (QED) is 0.464. The van der Waals surface area contributed by atoms with Gasteiger partial charge in [0.15, 0.2) is 0 Å². The number of nitrogens with zero attached hydrogens (tertiary/aromatic N) is 3. The lowest BCUT2D eigenvalue weighted by atomic mass is 10.0. The second kappa shape index (κ2) is 12.0. The molecule has 34 heavy (non-hydrogen) atoms. The number of benzene rings is 2. The van der Waals surface area contributed by atoms with Gasteiger partial charge in [0.05, 0.1) is 5.75 Å². The molecule has 1 aromatic heterocycles. The molecule has 1 fully saturated rings. The van der Waals surface area contributed by atoms with Gasteiger partial charge >= 0.3 is 0 Å². The summed E-state index contributed by atoms with van der Waals surface area (Å²) in [4.78, 5) is 27.0. The number of hydrogen-bond donors (Lipinski definition) is 2. The highest BCUT2D eigenvalue weighted by Gasteiger charge is 2.21. The maximum Gasteiger partial charge on any atom is 0.286 e. The Morgan fingerprint density at radius 3 is 2.65 bits per heavy atom. The van der Waals surface area contributed by atoms with E-state index in [1.807, 2.05) is 6.07 Å². The van der Waals surface area contributed by atoms with Gasteiger partial charge in [-0.25, -0.2) is 4.39 Å². The van der Waals surface area contributed by atoms with Crippen molar-refractivity contribution in [1.29, 1.82) is 0 Å². The second-order valence-electron chi connectivity index (χ2n) is 8.06. The van der Waals surface area contributed by atoms with Crippen molar-refractivity contribution in [1.82, 2.24) is 20.4 Å². The first-order valence-electron chi connectivity index (χ1n) is 11.1. The van der Waals surface area contributed by atoms with Crippen molar-refractivity contribution < 1.29 is 14.0 Å². The molecular formula is C24H26FN5O2S2. The lowest BCUT2D eigenvalue weighted by Crippen LogP contribution is -2.44. The molecule has 3 aromatic rings. The normalized spacial score (nSPS) is 14.6. The van der Waals surface area contributed by atoms with Crippen LogP contribution in [0, 0.1) is 5.82 Å². The second-order valence-corrected chi connectivity index (χ2v) is 10.1. The zero-order valence-electron chi connectivity index (χ0n) is 18.6. The van der Waals surface area contributed by atoms with Gasteiger partial charge in [0, 0.05) is 37.1 Å². The van der Waals surface area contributed by atoms with Gasteiger partial charge in [-0.15, -0.1) is 22.0 Å². The fraction of sp³-hybridized carbons (Fsp3) is 0.333. The average molecular weight is 500 g/mol. The predicted molar refractivity (Wildman–Crippen MR) is 133 cm³/mol. The van der Waals surface area contributed by atoms with Crippen molar-refractivity contribution in [3.8, 4) is 0 Å². The first-order chi connectivity index (χ1) is 16.5. The molecule has 2 amide bonds. The Kier molecular flexibility index (Phi) is 8.62. The summed E-state index contributed by atoms with van der Waals surface area (Å²) in [6.45, 7) is 2.89. The molecule has 0 spiro atoms. The zero-order chi connectivity index (χ0) is 23.8. The third kappa shape index (κ3) is 7.34. The summed E-state index contributed by atoms with van der Waals surface area (Å²) < 4.78 is 13.3. The van der Waals surface area contributed by atoms with Gasteiger partial charge < -0.3 is 10.6 Å². The van der Waals surface area contributed by atoms with Crippen molar-refractivity contribution in [2.24, 2.45) is 0 Å². The molecule has 10 heteroatoms. The number of carbonyl (C=O) groups excluding carboxylic acids is 2. The number of likely N-dealkylation sites (tertiary alicyclic amines) is 1. The van der Waals surface area contributed by atoms with Crippen LogP contribution in [0.1, 0.15) is 33.2 Å². The van der Waals surface area contributed by atoms with Crippen molar-refractivity contribution in [3.63, 3.8) is 0 Å². The van der Waals surface area contributed by atoms with Crippen molar-refractivity contribution in [2.75, 3.05) is 24.2 Å². The van der Waals surface area contributed by atoms with Gasteiger partial charge in [-0.05, 0) is 36.6 Å². The number of amides is 2. The molecule has 0 radical (unpaired) electrons. The van der Waals surface area contributed by atoms with Crippen LogP contribution in [0.15, 0.2) is 54.6 Å². The van der Waals surface area contributed by atoms with Crippen molar-refractivity contribution in [3.05, 3.63) is 76.0 Å². The molecule has 0 aliphatic carbocycles. The van der Waals surface area contributed by atoms with E-state index in [2.05, 4.69) is 50.0 Å². The summed E-state index contributed by atoms with van der Waals surface area (Å²) in [7, 11) is 0. The largest absolute Gasteiger partial charge is 0.353 e. The highest BCUT2D eigenvalue weighted by molar-refractivity contribution is 7.99. The number of halogens is 1. The number of thioether (sulfide) groups is 1. The first-order valence-corrected chi connectivity index (χ1v) is 13.0. The summed E-state index contributed by atoms with van der Waals surface area (Å²) >= 11 is 2.61. The standard InChI is InChI=1S/C24H26FN5O2S2/c25-18-7-4-8-20(13-18)27-23(32)24-29-28-22(34-24)16-33-15-21(31)26-19-9-11-30(12-10-19)14-17-5-2-1-3-6-17/h1-8,13,19H,9-12,14-16H2,(H,26,31)(H,27,32). The van der Waals surface area contributed by atoms with E-state index in [9.17, 15) is 14.0 Å². The third-order valence-corrected chi connectivity index (χ3v) is 7.45. The number of anilines is 1. The van der Waals surface area contributed by atoms with Crippen LogP contribution in [0.5, 0.6) is 0 Å². The molecule has 2 N–H and O–H groups in total. The Bertz CT molecular complexity index is 1100. The van der Waals surface area contributed by atoms with Crippen molar-refractivity contribution in [2.45, 2.75) is 31.2 Å². The Balaban J connectivity index is 1.14. The predicted octanol–water partition coefficient (Wildman–Crippen LogP) is 3.94. The number of nitrogens with one attached hydrogen (secondary N) is 2. The topological polar surface area (TPSA) is 87.2 Å². The number of rotatable bonds is 9. The molecule has 0 unspecified atom stereocenters. The number of aromatic nitrogens is 2. The third-order valence-electron chi connectivity index (χ3n) is 5.40. The van der Waals surface area contributed by atoms with E-state index < -0.39 is 11.7 Å². The molecule has 2 heterocycles. The van der Waals surface area contributed by atoms with Gasteiger partial charge in [-0.2, -0.15) is 0 Å². The van der Waals surface area contributed by atoms with Crippen LogP contribution in [0.2, 0.25) is 0 Å². The first kappa shape index (κ1) is 24.3. The molecule has 0 atom stereocenters. The zero-order valence-corrected chi connectivity index (χ0v) is 20.2. The Hall–Kier alpha value is -2.82. The molecular weight excluding hydrogens is 473 g/mol. The average Bonchev–Trinajstić information content (AvgIpc) is 3.30. The molecule has 2 aromatic carbocycles. The number of piperidine rings is 1. The van der Waals surface area contributed by atoms with E-state index in [1.54, 1.807) is 6.07 Å². The van der Waals surface area contributed by atoms with Gasteiger partial charge in [0.2, 0.25) is 10.9 Å². The molecule has 1 aliphatic rings. The van der Waals surface area contributed by atoms with E-state index in [4.69, 9.17) is 0 Å². The summed E-state index contributed by atoms with van der Waals surface area (Å²) in [6, 6.07) is 16.3. The highest BCUT2D eigenvalue weighted by atomic mass is 32.2. The number of hydrogen-bond acceptors (Lipinski definition) is 7. The highest BCUT2D eigenvalue weighted by Crippen LogP contribution is 2.19. The molecule has 1 aliphatic heterocycles. The van der Waals surface area contributed by atoms with E-state index in [0.717, 1.165) is 32.5 Å². The van der Waals surface area contributed by atoms with E-state index >= 15 is 0 Å². The Morgan fingerprint density at radius 1 is 1.09 bits per heavy atom. The molecule has 4 rings (SSSR count). The molecule has 1 saturated heterocycles. The van der Waals surface area contributed by atoms with Crippen LogP contribution in [0.4, 0.5) is 10.1 Å². The minimum Gasteiger partial charge on any atom is -0.353 e. The maximum absolute atomic E-state index is 13.3. The van der Waals surface area contributed by atoms with E-state index in [1.165, 1.54) is 46.9 Å². The smallest absolute Gasteiger partial charge is 0.286 e. The van der Waals surface area contributed by atoms with Crippen LogP contribution in [-0.4, -0.2) is 51.8 Å². The van der Waals surface area contributed by atoms with Gasteiger partial charge in [0.1, 0.15) is 10.8 Å². The van der Waals surface area contributed by atoms with Crippen LogP contribution in [0.25, 0.3) is 0 Å². The SMILES string of the molecule is O=C(CSCc1nnc(C(=O)Nc2cccc(F)c2)s1)NC1CCN(Cc2ccccc2)CC1. The minimum absolute atomic E-state index is 0.0140. The minimum atomic E-state index is -0.435. The maximum atomic E-state index is 13.3. The number of carbonyl (C=O) groups is 2.